The number of ether oxygens (including phenoxy) is 2. The van der Waals surface area contributed by atoms with Crippen LogP contribution in [0.15, 0.2) is 41.3 Å². The molecule has 0 aliphatic heterocycles. The van der Waals surface area contributed by atoms with Crippen molar-refractivity contribution in [2.75, 3.05) is 25.3 Å². The van der Waals surface area contributed by atoms with Gasteiger partial charge in [0.2, 0.25) is 5.91 Å². The van der Waals surface area contributed by atoms with Crippen molar-refractivity contribution in [3.8, 4) is 11.5 Å². The van der Waals surface area contributed by atoms with Crippen LogP contribution in [0.4, 0.5) is 18.9 Å². The number of alkyl halides is 3. The van der Waals surface area contributed by atoms with Crippen molar-refractivity contribution in [3.05, 3.63) is 47.0 Å². The van der Waals surface area contributed by atoms with Crippen molar-refractivity contribution in [2.45, 2.75) is 11.1 Å². The second-order valence-corrected chi connectivity index (χ2v) is 6.53. The summed E-state index contributed by atoms with van der Waals surface area (Å²) < 4.78 is 48.8. The molecule has 4 nitrogen and oxygen atoms in total. The van der Waals surface area contributed by atoms with Gasteiger partial charge in [-0.3, -0.25) is 4.79 Å². The number of carbonyl (C=O) groups is 1. The van der Waals surface area contributed by atoms with Crippen LogP contribution in [0.5, 0.6) is 11.5 Å². The van der Waals surface area contributed by atoms with Gasteiger partial charge in [0.25, 0.3) is 0 Å². The Morgan fingerprint density at radius 3 is 2.27 bits per heavy atom. The molecule has 0 atom stereocenters. The molecule has 1 N–H and O–H groups in total. The fraction of sp³-hybridized carbons (Fsp3) is 0.235. The molecule has 0 saturated heterocycles. The van der Waals surface area contributed by atoms with Crippen molar-refractivity contribution in [1.82, 2.24) is 0 Å². The minimum Gasteiger partial charge on any atom is -0.497 e. The van der Waals surface area contributed by atoms with Gasteiger partial charge in [-0.15, -0.1) is 11.8 Å². The average Bonchev–Trinajstić information content (AvgIpc) is 2.59. The molecule has 0 aromatic heterocycles. The summed E-state index contributed by atoms with van der Waals surface area (Å²) in [5, 5.41) is 2.27. The van der Waals surface area contributed by atoms with Crippen LogP contribution in [0.25, 0.3) is 0 Å². The van der Waals surface area contributed by atoms with Crippen molar-refractivity contribution in [3.63, 3.8) is 0 Å². The number of hydrogen-bond acceptors (Lipinski definition) is 4. The van der Waals surface area contributed by atoms with Gasteiger partial charge in [-0.1, -0.05) is 11.6 Å². The number of nitrogens with one attached hydrogen (secondary N) is 1. The van der Waals surface area contributed by atoms with E-state index in [9.17, 15) is 18.0 Å². The first-order chi connectivity index (χ1) is 12.2. The van der Waals surface area contributed by atoms with E-state index in [4.69, 9.17) is 21.1 Å². The van der Waals surface area contributed by atoms with E-state index in [2.05, 4.69) is 5.32 Å². The van der Waals surface area contributed by atoms with Gasteiger partial charge in [-0.05, 0) is 18.2 Å². The lowest BCUT2D eigenvalue weighted by Gasteiger charge is -2.11. The summed E-state index contributed by atoms with van der Waals surface area (Å²) in [5.41, 5.74) is -0.471. The Kier molecular flexibility index (Phi) is 6.66. The Morgan fingerprint density at radius 2 is 1.73 bits per heavy atom. The van der Waals surface area contributed by atoms with Crippen LogP contribution < -0.4 is 14.8 Å². The molecule has 2 rings (SSSR count). The molecule has 2 aromatic carbocycles. The molecule has 0 fully saturated rings. The molecular weight excluding hydrogens is 391 g/mol. The van der Waals surface area contributed by atoms with E-state index in [1.165, 1.54) is 20.3 Å². The molecule has 26 heavy (non-hydrogen) atoms. The van der Waals surface area contributed by atoms with Crippen LogP contribution in [0.1, 0.15) is 5.56 Å². The van der Waals surface area contributed by atoms with Crippen LogP contribution in [0, 0.1) is 0 Å². The second kappa shape index (κ2) is 8.55. The van der Waals surface area contributed by atoms with Crippen LogP contribution >= 0.6 is 23.4 Å². The summed E-state index contributed by atoms with van der Waals surface area (Å²) >= 11 is 6.55. The van der Waals surface area contributed by atoms with E-state index in [0.29, 0.717) is 22.1 Å². The summed E-state index contributed by atoms with van der Waals surface area (Å²) in [6.07, 6.45) is -4.55. The molecule has 0 saturated carbocycles. The number of anilines is 1. The fourth-order valence-electron chi connectivity index (χ4n) is 2.04. The third-order valence-corrected chi connectivity index (χ3v) is 4.57. The van der Waals surface area contributed by atoms with Crippen molar-refractivity contribution < 1.29 is 27.4 Å². The Balaban J connectivity index is 2.03. The summed E-state index contributed by atoms with van der Waals surface area (Å²) in [6, 6.07) is 8.39. The number of amides is 1. The number of methoxy groups -OCH3 is 2. The van der Waals surface area contributed by atoms with Crippen molar-refractivity contribution >= 4 is 35.0 Å². The molecule has 140 valence electrons. The Labute approximate surface area is 157 Å². The van der Waals surface area contributed by atoms with Crippen molar-refractivity contribution in [2.24, 2.45) is 0 Å². The van der Waals surface area contributed by atoms with Crippen molar-refractivity contribution in [1.29, 1.82) is 0 Å². The maximum atomic E-state index is 12.9. The highest BCUT2D eigenvalue weighted by atomic mass is 35.5. The lowest BCUT2D eigenvalue weighted by atomic mass is 10.2. The van der Waals surface area contributed by atoms with Crippen LogP contribution in [0.3, 0.4) is 0 Å². The Hall–Kier alpha value is -2.06. The standard InChI is InChI=1S/C17H15ClF3NO3S/c1-24-11-5-10(6-12(7-11)25-2)22-16(23)9-26-13-3-4-15(18)14(8-13)17(19,20)21/h3-8H,9H2,1-2H3,(H,22,23). The van der Waals surface area contributed by atoms with E-state index in [0.717, 1.165) is 23.9 Å². The minimum atomic E-state index is -4.55. The van der Waals surface area contributed by atoms with E-state index < -0.39 is 11.7 Å². The molecule has 0 heterocycles. The molecule has 9 heteroatoms. The number of carbonyl (C=O) groups excluding carboxylic acids is 1. The molecule has 0 bridgehead atoms. The summed E-state index contributed by atoms with van der Waals surface area (Å²) in [6.45, 7) is 0. The summed E-state index contributed by atoms with van der Waals surface area (Å²) in [5.74, 6) is 0.548. The summed E-state index contributed by atoms with van der Waals surface area (Å²) in [4.78, 5) is 12.4. The summed E-state index contributed by atoms with van der Waals surface area (Å²) in [7, 11) is 2.96. The molecule has 2 aromatic rings. The monoisotopic (exact) mass is 405 g/mol. The van der Waals surface area contributed by atoms with Crippen LogP contribution in [-0.2, 0) is 11.0 Å². The van der Waals surface area contributed by atoms with Gasteiger partial charge < -0.3 is 14.8 Å². The first-order valence-corrected chi connectivity index (χ1v) is 8.61. The molecule has 1 amide bonds. The minimum absolute atomic E-state index is 0.0710. The first-order valence-electron chi connectivity index (χ1n) is 7.25. The maximum Gasteiger partial charge on any atom is 0.417 e. The van der Waals surface area contributed by atoms with Gasteiger partial charge in [0, 0.05) is 28.8 Å². The van der Waals surface area contributed by atoms with Gasteiger partial charge in [0.15, 0.2) is 0 Å². The third-order valence-electron chi connectivity index (χ3n) is 3.25. The van der Waals surface area contributed by atoms with Crippen LogP contribution in [0.2, 0.25) is 5.02 Å². The molecular formula is C17H15ClF3NO3S. The van der Waals surface area contributed by atoms with E-state index in [1.54, 1.807) is 18.2 Å². The molecule has 0 radical (unpaired) electrons. The largest absolute Gasteiger partial charge is 0.497 e. The number of halogens is 4. The van der Waals surface area contributed by atoms with Gasteiger partial charge in [-0.2, -0.15) is 13.2 Å². The number of rotatable bonds is 6. The molecule has 0 aliphatic rings. The third kappa shape index (κ3) is 5.47. The molecule has 0 unspecified atom stereocenters. The number of hydrogen-bond donors (Lipinski definition) is 1. The highest BCUT2D eigenvalue weighted by Gasteiger charge is 2.33. The Bertz CT molecular complexity index is 777. The van der Waals surface area contributed by atoms with Gasteiger partial charge >= 0.3 is 6.18 Å². The zero-order valence-electron chi connectivity index (χ0n) is 13.8. The molecule has 0 aliphatic carbocycles. The Morgan fingerprint density at radius 1 is 1.12 bits per heavy atom. The zero-order chi connectivity index (χ0) is 19.3. The van der Waals surface area contributed by atoms with Gasteiger partial charge in [0.05, 0.1) is 30.6 Å². The lowest BCUT2D eigenvalue weighted by molar-refractivity contribution is -0.137. The smallest absolute Gasteiger partial charge is 0.417 e. The normalized spacial score (nSPS) is 11.2. The predicted octanol–water partition coefficient (Wildman–Crippen LogP) is 5.11. The maximum absolute atomic E-state index is 12.9. The first kappa shape index (κ1) is 20.3. The molecule has 0 spiro atoms. The predicted molar refractivity (Wildman–Crippen MR) is 95.4 cm³/mol. The number of thioether (sulfide) groups is 1. The average molecular weight is 406 g/mol. The van der Waals surface area contributed by atoms with E-state index in [1.807, 2.05) is 0 Å². The number of benzene rings is 2. The van der Waals surface area contributed by atoms with Gasteiger partial charge in [-0.25, -0.2) is 0 Å². The lowest BCUT2D eigenvalue weighted by Crippen LogP contribution is -2.14. The van der Waals surface area contributed by atoms with E-state index >= 15 is 0 Å². The topological polar surface area (TPSA) is 47.6 Å². The highest BCUT2D eigenvalue weighted by Crippen LogP contribution is 2.37. The SMILES string of the molecule is COc1cc(NC(=O)CSc2ccc(Cl)c(C(F)(F)F)c2)cc(OC)c1. The van der Waals surface area contributed by atoms with Gasteiger partial charge in [0.1, 0.15) is 11.5 Å². The van der Waals surface area contributed by atoms with Crippen LogP contribution in [-0.4, -0.2) is 25.9 Å². The quantitative estimate of drug-likeness (QED) is 0.679. The fourth-order valence-corrected chi connectivity index (χ4v) is 3.00. The zero-order valence-corrected chi connectivity index (χ0v) is 15.4. The highest BCUT2D eigenvalue weighted by molar-refractivity contribution is 8.00. The second-order valence-electron chi connectivity index (χ2n) is 5.08. The van der Waals surface area contributed by atoms with E-state index in [-0.39, 0.29) is 16.7 Å².